The van der Waals surface area contributed by atoms with Gasteiger partial charge in [-0.1, -0.05) is 0 Å². The second-order valence-corrected chi connectivity index (χ2v) is 7.25. The summed E-state index contributed by atoms with van der Waals surface area (Å²) in [6, 6.07) is 1.70. The maximum absolute atomic E-state index is 12.2. The fourth-order valence-electron chi connectivity index (χ4n) is 2.35. The Labute approximate surface area is 161 Å². The largest absolute Gasteiger partial charge is 0.349 e. The normalized spacial score (nSPS) is 11.0. The number of hydrogen-bond donors (Lipinski definition) is 1. The number of aryl methyl sites for hydroxylation is 1. The molecule has 0 radical (unpaired) electrons. The first-order chi connectivity index (χ1) is 11.9. The van der Waals surface area contributed by atoms with Crippen molar-refractivity contribution in [1.29, 1.82) is 0 Å². The highest BCUT2D eigenvalue weighted by Gasteiger charge is 2.12. The molecule has 3 rings (SSSR count). The lowest BCUT2D eigenvalue weighted by atomic mass is 10.4. The molecule has 0 aliphatic carbocycles. The summed E-state index contributed by atoms with van der Waals surface area (Å²) in [6.45, 7) is 5.44. The van der Waals surface area contributed by atoms with E-state index in [9.17, 15) is 4.79 Å². The van der Waals surface area contributed by atoms with Crippen LogP contribution in [0, 0.1) is 13.8 Å². The summed E-state index contributed by atoms with van der Waals surface area (Å²) >= 11 is 6.84. The minimum absolute atomic E-state index is 0.209. The highest BCUT2D eigenvalue weighted by molar-refractivity contribution is 9.10. The lowest BCUT2D eigenvalue weighted by Crippen LogP contribution is -2.28. The summed E-state index contributed by atoms with van der Waals surface area (Å²) in [5.41, 5.74) is 2.32. The maximum Gasteiger partial charge on any atom is 0.271 e. The molecule has 10 heteroatoms. The summed E-state index contributed by atoms with van der Waals surface area (Å²) in [5.74, 6) is -0.209. The van der Waals surface area contributed by atoms with Gasteiger partial charge in [0.25, 0.3) is 5.91 Å². The fraction of sp³-hybridized carbons (Fsp3) is 0.333. The smallest absolute Gasteiger partial charge is 0.271 e. The molecule has 8 nitrogen and oxygen atoms in total. The van der Waals surface area contributed by atoms with Crippen LogP contribution in [0.15, 0.2) is 33.6 Å². The van der Waals surface area contributed by atoms with Gasteiger partial charge in [-0.05, 0) is 51.8 Å². The predicted octanol–water partition coefficient (Wildman–Crippen LogP) is 2.35. The number of rotatable bonds is 6. The van der Waals surface area contributed by atoms with Crippen molar-refractivity contribution >= 4 is 37.8 Å². The number of carbonyl (C=O) groups excluding carboxylic acids is 1. The topological polar surface area (TPSA) is 82.6 Å². The van der Waals surface area contributed by atoms with Gasteiger partial charge in [-0.25, -0.2) is 4.68 Å². The Morgan fingerprint density at radius 2 is 2.04 bits per heavy atom. The number of carbonyl (C=O) groups is 1. The standard InChI is InChI=1S/C15H17Br2N7O/c1-10-14(17)11(2)24(20-10)9-23-5-3-13(21-23)15(25)18-4-6-22-8-12(16)7-19-22/h3,5,7-8H,4,6,9H2,1-2H3,(H,18,25). The van der Waals surface area contributed by atoms with Crippen LogP contribution in [-0.4, -0.2) is 41.8 Å². The van der Waals surface area contributed by atoms with E-state index in [1.54, 1.807) is 27.8 Å². The quantitative estimate of drug-likeness (QED) is 0.599. The molecule has 132 valence electrons. The van der Waals surface area contributed by atoms with Gasteiger partial charge in [0.05, 0.1) is 33.1 Å². The molecule has 0 fully saturated rings. The molecular weight excluding hydrogens is 454 g/mol. The molecule has 0 aromatic carbocycles. The van der Waals surface area contributed by atoms with Gasteiger partial charge in [-0.2, -0.15) is 15.3 Å². The molecule has 0 aliphatic rings. The van der Waals surface area contributed by atoms with Crippen molar-refractivity contribution in [3.8, 4) is 0 Å². The summed E-state index contributed by atoms with van der Waals surface area (Å²) < 4.78 is 7.18. The van der Waals surface area contributed by atoms with Crippen LogP contribution in [-0.2, 0) is 13.2 Å². The molecule has 3 aromatic rings. The maximum atomic E-state index is 12.2. The molecule has 1 N–H and O–H groups in total. The van der Waals surface area contributed by atoms with Crippen LogP contribution in [0.5, 0.6) is 0 Å². The molecule has 0 aliphatic heterocycles. The second kappa shape index (κ2) is 7.52. The highest BCUT2D eigenvalue weighted by atomic mass is 79.9. The number of nitrogens with zero attached hydrogens (tertiary/aromatic N) is 6. The first kappa shape index (κ1) is 17.9. The fourth-order valence-corrected chi connectivity index (χ4v) is 2.96. The van der Waals surface area contributed by atoms with Crippen LogP contribution in [0.25, 0.3) is 0 Å². The van der Waals surface area contributed by atoms with Gasteiger partial charge in [-0.3, -0.25) is 14.2 Å². The Balaban J connectivity index is 1.56. The Hall–Kier alpha value is -1.94. The van der Waals surface area contributed by atoms with E-state index >= 15 is 0 Å². The lowest BCUT2D eigenvalue weighted by molar-refractivity contribution is 0.0946. The highest BCUT2D eigenvalue weighted by Crippen LogP contribution is 2.19. The van der Waals surface area contributed by atoms with Crippen LogP contribution in [0.4, 0.5) is 0 Å². The van der Waals surface area contributed by atoms with Gasteiger partial charge in [0, 0.05) is 18.9 Å². The van der Waals surface area contributed by atoms with Crippen LogP contribution < -0.4 is 5.32 Å². The van der Waals surface area contributed by atoms with Crippen molar-refractivity contribution < 1.29 is 4.79 Å². The molecule has 0 spiro atoms. The third-order valence-corrected chi connectivity index (χ3v) is 5.23. The summed E-state index contributed by atoms with van der Waals surface area (Å²) in [4.78, 5) is 12.2. The number of amides is 1. The Bertz CT molecular complexity index is 896. The van der Waals surface area contributed by atoms with Crippen molar-refractivity contribution in [3.63, 3.8) is 0 Å². The third-order valence-electron chi connectivity index (χ3n) is 3.67. The molecule has 0 atom stereocenters. The molecule has 3 aromatic heterocycles. The Morgan fingerprint density at radius 3 is 2.68 bits per heavy atom. The zero-order chi connectivity index (χ0) is 18.0. The van der Waals surface area contributed by atoms with Crippen molar-refractivity contribution in [2.24, 2.45) is 0 Å². The average Bonchev–Trinajstić information content (AvgIpc) is 3.26. The van der Waals surface area contributed by atoms with Gasteiger partial charge in [0.2, 0.25) is 0 Å². The second-order valence-electron chi connectivity index (χ2n) is 5.54. The summed E-state index contributed by atoms with van der Waals surface area (Å²) in [6.07, 6.45) is 5.33. The van der Waals surface area contributed by atoms with E-state index in [4.69, 9.17) is 0 Å². The lowest BCUT2D eigenvalue weighted by Gasteiger charge is -2.05. The van der Waals surface area contributed by atoms with Crippen LogP contribution in [0.2, 0.25) is 0 Å². The zero-order valence-corrected chi connectivity index (χ0v) is 17.0. The van der Waals surface area contributed by atoms with Gasteiger partial charge in [0.15, 0.2) is 0 Å². The van der Waals surface area contributed by atoms with E-state index in [0.29, 0.717) is 25.5 Å². The van der Waals surface area contributed by atoms with Crippen molar-refractivity contribution in [2.75, 3.05) is 6.54 Å². The molecule has 1 amide bonds. The average molecular weight is 471 g/mol. The minimum Gasteiger partial charge on any atom is -0.349 e. The number of nitrogens with one attached hydrogen (secondary N) is 1. The van der Waals surface area contributed by atoms with E-state index in [1.807, 2.05) is 24.7 Å². The molecule has 0 saturated heterocycles. The number of halogens is 2. The monoisotopic (exact) mass is 469 g/mol. The van der Waals surface area contributed by atoms with Crippen LogP contribution in [0.1, 0.15) is 21.9 Å². The molecule has 0 bridgehead atoms. The van der Waals surface area contributed by atoms with E-state index in [-0.39, 0.29) is 5.91 Å². The Kier molecular flexibility index (Phi) is 5.38. The molecule has 0 saturated carbocycles. The van der Waals surface area contributed by atoms with Crippen molar-refractivity contribution in [2.45, 2.75) is 27.1 Å². The molecule has 3 heterocycles. The van der Waals surface area contributed by atoms with Gasteiger partial charge in [0.1, 0.15) is 12.4 Å². The van der Waals surface area contributed by atoms with Crippen LogP contribution in [0.3, 0.4) is 0 Å². The number of aromatic nitrogens is 6. The van der Waals surface area contributed by atoms with Crippen molar-refractivity contribution in [3.05, 3.63) is 50.7 Å². The van der Waals surface area contributed by atoms with E-state index in [2.05, 4.69) is 52.5 Å². The van der Waals surface area contributed by atoms with Gasteiger partial charge >= 0.3 is 0 Å². The summed E-state index contributed by atoms with van der Waals surface area (Å²) in [5, 5.41) is 15.7. The van der Waals surface area contributed by atoms with E-state index in [1.165, 1.54) is 0 Å². The SMILES string of the molecule is Cc1nn(Cn2ccc(C(=O)NCCn3cc(Br)cn3)n2)c(C)c1Br. The zero-order valence-electron chi connectivity index (χ0n) is 13.8. The Morgan fingerprint density at radius 1 is 1.24 bits per heavy atom. The van der Waals surface area contributed by atoms with Gasteiger partial charge < -0.3 is 5.32 Å². The van der Waals surface area contributed by atoms with E-state index in [0.717, 1.165) is 20.3 Å². The first-order valence-electron chi connectivity index (χ1n) is 7.63. The predicted molar refractivity (Wildman–Crippen MR) is 99.3 cm³/mol. The molecule has 25 heavy (non-hydrogen) atoms. The third kappa shape index (κ3) is 4.18. The van der Waals surface area contributed by atoms with Crippen LogP contribution >= 0.6 is 31.9 Å². The summed E-state index contributed by atoms with van der Waals surface area (Å²) in [7, 11) is 0. The number of hydrogen-bond acceptors (Lipinski definition) is 4. The molecule has 0 unspecified atom stereocenters. The molecular formula is C15H17Br2N7O. The van der Waals surface area contributed by atoms with Gasteiger partial charge in [-0.15, -0.1) is 0 Å². The van der Waals surface area contributed by atoms with E-state index < -0.39 is 0 Å². The van der Waals surface area contributed by atoms with Crippen molar-refractivity contribution in [1.82, 2.24) is 34.7 Å². The first-order valence-corrected chi connectivity index (χ1v) is 9.22. The minimum atomic E-state index is -0.209.